The van der Waals surface area contributed by atoms with Crippen molar-refractivity contribution in [3.8, 4) is 0 Å². The summed E-state index contributed by atoms with van der Waals surface area (Å²) in [6, 6.07) is 10.3. The third kappa shape index (κ3) is 2.43. The van der Waals surface area contributed by atoms with Crippen LogP contribution in [-0.4, -0.2) is 24.0 Å². The Hall–Kier alpha value is -2.18. The fourth-order valence-corrected chi connectivity index (χ4v) is 4.18. The summed E-state index contributed by atoms with van der Waals surface area (Å²) in [5, 5.41) is 11.2. The number of benzene rings is 1. The van der Waals surface area contributed by atoms with E-state index in [0.717, 1.165) is 9.40 Å². The molecule has 2 aromatic heterocycles. The van der Waals surface area contributed by atoms with E-state index in [1.165, 1.54) is 22.3 Å². The van der Waals surface area contributed by atoms with Crippen molar-refractivity contribution in [1.82, 2.24) is 0 Å². The first kappa shape index (κ1) is 13.8. The number of rotatable bonds is 3. The lowest BCUT2D eigenvalue weighted by Crippen LogP contribution is -2.27. The third-order valence-electron chi connectivity index (χ3n) is 3.15. The van der Waals surface area contributed by atoms with Crippen LogP contribution in [0.3, 0.4) is 0 Å². The van der Waals surface area contributed by atoms with Crippen LogP contribution in [0.15, 0.2) is 41.8 Å². The number of fused-ring (bicyclic) bond motifs is 1. The number of carbonyl (C=O) groups excluding carboxylic acids is 1. The van der Waals surface area contributed by atoms with Crippen molar-refractivity contribution < 1.29 is 14.7 Å². The maximum Gasteiger partial charge on any atom is 0.337 e. The average Bonchev–Trinajstić information content (AvgIpc) is 3.06. The summed E-state index contributed by atoms with van der Waals surface area (Å²) in [6.07, 6.45) is 0. The SMILES string of the molecule is CN(C(=O)c1cc2sccc2s1)c1ccccc1C(=O)O. The van der Waals surface area contributed by atoms with Gasteiger partial charge in [0.15, 0.2) is 0 Å². The molecule has 21 heavy (non-hydrogen) atoms. The molecular formula is C15H11NO3S2. The van der Waals surface area contributed by atoms with E-state index in [1.807, 2.05) is 17.5 Å². The largest absolute Gasteiger partial charge is 0.478 e. The van der Waals surface area contributed by atoms with Gasteiger partial charge in [0.25, 0.3) is 5.91 Å². The lowest BCUT2D eigenvalue weighted by Gasteiger charge is -2.18. The first-order valence-corrected chi connectivity index (χ1v) is 7.85. The Balaban J connectivity index is 1.98. The van der Waals surface area contributed by atoms with Crippen LogP contribution in [0.2, 0.25) is 0 Å². The normalized spacial score (nSPS) is 10.7. The molecule has 0 aliphatic carbocycles. The second kappa shape index (κ2) is 5.31. The monoisotopic (exact) mass is 317 g/mol. The number of hydrogen-bond acceptors (Lipinski definition) is 4. The third-order valence-corrected chi connectivity index (χ3v) is 5.23. The maximum absolute atomic E-state index is 12.5. The van der Waals surface area contributed by atoms with E-state index in [-0.39, 0.29) is 11.5 Å². The zero-order chi connectivity index (χ0) is 15.0. The molecule has 106 valence electrons. The number of thiophene rings is 2. The number of aromatic carboxylic acids is 1. The Labute approximate surface area is 128 Å². The zero-order valence-corrected chi connectivity index (χ0v) is 12.7. The molecule has 6 heteroatoms. The van der Waals surface area contributed by atoms with Gasteiger partial charge in [-0.25, -0.2) is 4.79 Å². The summed E-state index contributed by atoms with van der Waals surface area (Å²) < 4.78 is 2.14. The topological polar surface area (TPSA) is 57.6 Å². The second-order valence-electron chi connectivity index (χ2n) is 4.45. The van der Waals surface area contributed by atoms with E-state index >= 15 is 0 Å². The van der Waals surface area contributed by atoms with Gasteiger partial charge in [-0.05, 0) is 29.6 Å². The molecule has 0 radical (unpaired) electrons. The number of carboxylic acids is 1. The van der Waals surface area contributed by atoms with Crippen molar-refractivity contribution in [2.75, 3.05) is 11.9 Å². The van der Waals surface area contributed by atoms with E-state index in [2.05, 4.69) is 0 Å². The smallest absolute Gasteiger partial charge is 0.337 e. The quantitative estimate of drug-likeness (QED) is 0.796. The minimum atomic E-state index is -1.04. The predicted molar refractivity (Wildman–Crippen MR) is 85.8 cm³/mol. The highest BCUT2D eigenvalue weighted by molar-refractivity contribution is 7.27. The summed E-state index contributed by atoms with van der Waals surface area (Å²) >= 11 is 3.01. The summed E-state index contributed by atoms with van der Waals surface area (Å²) in [6.45, 7) is 0. The van der Waals surface area contributed by atoms with Crippen molar-refractivity contribution in [2.24, 2.45) is 0 Å². The van der Waals surface area contributed by atoms with Crippen molar-refractivity contribution in [2.45, 2.75) is 0 Å². The molecule has 0 unspecified atom stereocenters. The van der Waals surface area contributed by atoms with Crippen molar-refractivity contribution >= 4 is 49.6 Å². The lowest BCUT2D eigenvalue weighted by atomic mass is 10.1. The predicted octanol–water partition coefficient (Wildman–Crippen LogP) is 3.94. The van der Waals surface area contributed by atoms with E-state index < -0.39 is 5.97 Å². The highest BCUT2D eigenvalue weighted by Gasteiger charge is 2.20. The number of para-hydroxylation sites is 1. The first-order valence-electron chi connectivity index (χ1n) is 6.15. The van der Waals surface area contributed by atoms with Gasteiger partial charge in [0, 0.05) is 16.4 Å². The van der Waals surface area contributed by atoms with E-state index in [4.69, 9.17) is 0 Å². The van der Waals surface area contributed by atoms with Gasteiger partial charge in [0.1, 0.15) is 0 Å². The van der Waals surface area contributed by atoms with E-state index in [0.29, 0.717) is 10.6 Å². The number of hydrogen-bond donors (Lipinski definition) is 1. The van der Waals surface area contributed by atoms with Crippen LogP contribution < -0.4 is 4.90 Å². The maximum atomic E-state index is 12.5. The molecule has 0 bridgehead atoms. The molecule has 0 aliphatic rings. The van der Waals surface area contributed by atoms with Crippen LogP contribution in [0, 0.1) is 0 Å². The Morgan fingerprint density at radius 1 is 1.14 bits per heavy atom. The van der Waals surface area contributed by atoms with Crippen LogP contribution >= 0.6 is 22.7 Å². The molecule has 1 aromatic carbocycles. The van der Waals surface area contributed by atoms with Gasteiger partial charge >= 0.3 is 5.97 Å². The van der Waals surface area contributed by atoms with Crippen LogP contribution in [0.1, 0.15) is 20.0 Å². The Kier molecular flexibility index (Phi) is 3.48. The van der Waals surface area contributed by atoms with Gasteiger partial charge in [-0.15, -0.1) is 22.7 Å². The molecule has 4 nitrogen and oxygen atoms in total. The molecule has 0 saturated heterocycles. The molecule has 2 heterocycles. The van der Waals surface area contributed by atoms with Crippen molar-refractivity contribution in [1.29, 1.82) is 0 Å². The van der Waals surface area contributed by atoms with Gasteiger partial charge in [0.05, 0.1) is 16.1 Å². The molecule has 0 saturated carbocycles. The molecule has 1 N–H and O–H groups in total. The van der Waals surface area contributed by atoms with Crippen LogP contribution in [0.5, 0.6) is 0 Å². The van der Waals surface area contributed by atoms with Gasteiger partial charge in [-0.2, -0.15) is 0 Å². The molecule has 0 atom stereocenters. The van der Waals surface area contributed by atoms with Gasteiger partial charge in [-0.3, -0.25) is 4.79 Å². The molecule has 0 fully saturated rings. The summed E-state index contributed by atoms with van der Waals surface area (Å²) in [4.78, 5) is 25.8. The van der Waals surface area contributed by atoms with Gasteiger partial charge in [-0.1, -0.05) is 12.1 Å². The number of carboxylic acid groups (broad SMARTS) is 1. The summed E-state index contributed by atoms with van der Waals surface area (Å²) in [5.41, 5.74) is 0.512. The van der Waals surface area contributed by atoms with E-state index in [1.54, 1.807) is 36.6 Å². The number of nitrogens with zero attached hydrogens (tertiary/aromatic N) is 1. The van der Waals surface area contributed by atoms with Crippen LogP contribution in [0.4, 0.5) is 5.69 Å². The fraction of sp³-hybridized carbons (Fsp3) is 0.0667. The standard InChI is InChI=1S/C15H11NO3S2/c1-16(10-5-3-2-4-9(10)15(18)19)14(17)13-8-12-11(21-13)6-7-20-12/h2-8H,1H3,(H,18,19). The van der Waals surface area contributed by atoms with Crippen LogP contribution in [0.25, 0.3) is 9.40 Å². The van der Waals surface area contributed by atoms with Crippen LogP contribution in [-0.2, 0) is 0 Å². The highest BCUT2D eigenvalue weighted by atomic mass is 32.1. The number of carbonyl (C=O) groups is 2. The minimum Gasteiger partial charge on any atom is -0.478 e. The lowest BCUT2D eigenvalue weighted by molar-refractivity contribution is 0.0697. The molecular weight excluding hydrogens is 306 g/mol. The molecule has 3 rings (SSSR count). The fourth-order valence-electron chi connectivity index (χ4n) is 2.09. The summed E-state index contributed by atoms with van der Waals surface area (Å²) in [5.74, 6) is -1.24. The van der Waals surface area contributed by atoms with Gasteiger partial charge in [0.2, 0.25) is 0 Å². The molecule has 0 spiro atoms. The molecule has 0 aliphatic heterocycles. The summed E-state index contributed by atoms with van der Waals surface area (Å²) in [7, 11) is 1.60. The molecule has 3 aromatic rings. The number of amides is 1. The van der Waals surface area contributed by atoms with Crippen molar-refractivity contribution in [3.05, 3.63) is 52.2 Å². The molecule has 1 amide bonds. The van der Waals surface area contributed by atoms with Gasteiger partial charge < -0.3 is 10.0 Å². The first-order chi connectivity index (χ1) is 10.1. The van der Waals surface area contributed by atoms with Crippen molar-refractivity contribution in [3.63, 3.8) is 0 Å². The zero-order valence-electron chi connectivity index (χ0n) is 11.1. The van der Waals surface area contributed by atoms with E-state index in [9.17, 15) is 14.7 Å². The second-order valence-corrected chi connectivity index (χ2v) is 6.48. The highest BCUT2D eigenvalue weighted by Crippen LogP contribution is 2.31. The minimum absolute atomic E-state index is 0.117. The Morgan fingerprint density at radius 3 is 2.62 bits per heavy atom. The number of anilines is 1. The Morgan fingerprint density at radius 2 is 1.90 bits per heavy atom. The Bertz CT molecular complexity index is 806. The average molecular weight is 317 g/mol.